The SMILES string of the molecule is CC1CC(C)(C)OC(CC[O])N1. The molecule has 0 amide bonds. The molecule has 0 aromatic carbocycles. The highest BCUT2D eigenvalue weighted by molar-refractivity contribution is 4.82. The summed E-state index contributed by atoms with van der Waals surface area (Å²) in [5, 5.41) is 13.6. The molecular weight excluding hydrogens is 154 g/mol. The van der Waals surface area contributed by atoms with Gasteiger partial charge in [0.25, 0.3) is 0 Å². The van der Waals surface area contributed by atoms with Gasteiger partial charge < -0.3 is 4.74 Å². The Bertz CT molecular complexity index is 147. The Balaban J connectivity index is 2.46. The lowest BCUT2D eigenvalue weighted by atomic mass is 9.97. The normalized spacial score (nSPS) is 35.0. The summed E-state index contributed by atoms with van der Waals surface area (Å²) in [5.41, 5.74) is -0.0789. The molecule has 0 aromatic heterocycles. The molecule has 0 aliphatic carbocycles. The van der Waals surface area contributed by atoms with Crippen molar-refractivity contribution in [2.75, 3.05) is 6.61 Å². The van der Waals surface area contributed by atoms with Crippen LogP contribution in [0, 0.1) is 0 Å². The van der Waals surface area contributed by atoms with Gasteiger partial charge in [0.05, 0.1) is 12.2 Å². The van der Waals surface area contributed by atoms with E-state index in [-0.39, 0.29) is 18.4 Å². The minimum atomic E-state index is -0.0789. The quantitative estimate of drug-likeness (QED) is 0.682. The lowest BCUT2D eigenvalue weighted by molar-refractivity contribution is -0.135. The fourth-order valence-electron chi connectivity index (χ4n) is 1.83. The summed E-state index contributed by atoms with van der Waals surface area (Å²) in [6.07, 6.45) is 1.53. The van der Waals surface area contributed by atoms with Crippen LogP contribution in [-0.4, -0.2) is 24.5 Å². The first kappa shape index (κ1) is 9.96. The predicted molar refractivity (Wildman–Crippen MR) is 46.3 cm³/mol. The van der Waals surface area contributed by atoms with Gasteiger partial charge in [0, 0.05) is 12.5 Å². The summed E-state index contributed by atoms with van der Waals surface area (Å²) >= 11 is 0. The van der Waals surface area contributed by atoms with Gasteiger partial charge in [-0.25, -0.2) is 5.11 Å². The van der Waals surface area contributed by atoms with E-state index in [1.807, 2.05) is 0 Å². The molecule has 2 atom stereocenters. The predicted octanol–water partition coefficient (Wildman–Crippen LogP) is 1.31. The average Bonchev–Trinajstić information content (AvgIpc) is 1.82. The van der Waals surface area contributed by atoms with Gasteiger partial charge in [-0.15, -0.1) is 0 Å². The molecule has 1 N–H and O–H groups in total. The van der Waals surface area contributed by atoms with Crippen LogP contribution >= 0.6 is 0 Å². The Labute approximate surface area is 74.1 Å². The first-order chi connectivity index (χ1) is 5.53. The number of nitrogens with one attached hydrogen (secondary N) is 1. The Kier molecular flexibility index (Phi) is 3.09. The van der Waals surface area contributed by atoms with Crippen molar-refractivity contribution < 1.29 is 9.84 Å². The molecule has 1 saturated heterocycles. The van der Waals surface area contributed by atoms with Gasteiger partial charge in [-0.3, -0.25) is 5.32 Å². The van der Waals surface area contributed by atoms with Crippen LogP contribution < -0.4 is 5.32 Å². The minimum Gasteiger partial charge on any atom is -0.357 e. The van der Waals surface area contributed by atoms with Gasteiger partial charge in [-0.2, -0.15) is 0 Å². The number of hydrogen-bond donors (Lipinski definition) is 1. The van der Waals surface area contributed by atoms with Crippen LogP contribution in [0.15, 0.2) is 0 Å². The number of hydrogen-bond acceptors (Lipinski definition) is 2. The Hall–Kier alpha value is -0.120. The van der Waals surface area contributed by atoms with Crippen molar-refractivity contribution in [3.05, 3.63) is 0 Å². The highest BCUT2D eigenvalue weighted by Gasteiger charge is 2.31. The van der Waals surface area contributed by atoms with Crippen LogP contribution in [0.3, 0.4) is 0 Å². The summed E-state index contributed by atoms with van der Waals surface area (Å²) in [6, 6.07) is 0.449. The monoisotopic (exact) mass is 172 g/mol. The second kappa shape index (κ2) is 3.73. The van der Waals surface area contributed by atoms with E-state index in [4.69, 9.17) is 4.74 Å². The zero-order valence-electron chi connectivity index (χ0n) is 8.09. The van der Waals surface area contributed by atoms with Crippen molar-refractivity contribution in [1.82, 2.24) is 5.32 Å². The largest absolute Gasteiger partial charge is 0.357 e. The van der Waals surface area contributed by atoms with E-state index in [2.05, 4.69) is 26.1 Å². The maximum absolute atomic E-state index is 10.4. The van der Waals surface area contributed by atoms with Crippen molar-refractivity contribution >= 4 is 0 Å². The third kappa shape index (κ3) is 2.73. The zero-order chi connectivity index (χ0) is 9.19. The van der Waals surface area contributed by atoms with E-state index < -0.39 is 0 Å². The first-order valence-corrected chi connectivity index (χ1v) is 4.55. The Morgan fingerprint density at radius 1 is 1.58 bits per heavy atom. The molecule has 1 radical (unpaired) electrons. The molecule has 3 heteroatoms. The average molecular weight is 172 g/mol. The molecule has 12 heavy (non-hydrogen) atoms. The van der Waals surface area contributed by atoms with E-state index in [0.29, 0.717) is 12.5 Å². The van der Waals surface area contributed by atoms with E-state index in [1.54, 1.807) is 0 Å². The summed E-state index contributed by atoms with van der Waals surface area (Å²) in [4.78, 5) is 0. The Morgan fingerprint density at radius 3 is 2.75 bits per heavy atom. The maximum Gasteiger partial charge on any atom is 0.111 e. The first-order valence-electron chi connectivity index (χ1n) is 4.55. The molecule has 1 fully saturated rings. The molecule has 0 bridgehead atoms. The highest BCUT2D eigenvalue weighted by atomic mass is 16.5. The van der Waals surface area contributed by atoms with Crippen molar-refractivity contribution in [2.24, 2.45) is 0 Å². The lowest BCUT2D eigenvalue weighted by Gasteiger charge is -2.40. The van der Waals surface area contributed by atoms with Gasteiger partial charge in [0.2, 0.25) is 0 Å². The van der Waals surface area contributed by atoms with E-state index >= 15 is 0 Å². The topological polar surface area (TPSA) is 41.2 Å². The van der Waals surface area contributed by atoms with Gasteiger partial charge in [0.1, 0.15) is 6.23 Å². The van der Waals surface area contributed by atoms with E-state index in [1.165, 1.54) is 0 Å². The summed E-state index contributed by atoms with van der Waals surface area (Å²) in [5.74, 6) is 0. The van der Waals surface area contributed by atoms with Crippen LogP contribution in [0.2, 0.25) is 0 Å². The van der Waals surface area contributed by atoms with Gasteiger partial charge in [-0.05, 0) is 27.2 Å². The van der Waals surface area contributed by atoms with E-state index in [9.17, 15) is 5.11 Å². The smallest absolute Gasteiger partial charge is 0.111 e. The van der Waals surface area contributed by atoms with Gasteiger partial charge in [-0.1, -0.05) is 0 Å². The van der Waals surface area contributed by atoms with E-state index in [0.717, 1.165) is 6.42 Å². The molecule has 1 heterocycles. The third-order valence-corrected chi connectivity index (χ3v) is 2.11. The standard InChI is InChI=1S/C9H18NO2/c1-7-6-9(2,3)12-8(10-7)4-5-11/h7-8,10H,4-6H2,1-3H3. The zero-order valence-corrected chi connectivity index (χ0v) is 8.09. The van der Waals surface area contributed by atoms with Crippen LogP contribution in [0.1, 0.15) is 33.6 Å². The molecule has 3 nitrogen and oxygen atoms in total. The summed E-state index contributed by atoms with van der Waals surface area (Å²) in [6.45, 7) is 6.20. The fourth-order valence-corrected chi connectivity index (χ4v) is 1.83. The van der Waals surface area contributed by atoms with Crippen molar-refractivity contribution in [1.29, 1.82) is 0 Å². The Morgan fingerprint density at radius 2 is 2.25 bits per heavy atom. The second-order valence-electron chi connectivity index (χ2n) is 4.13. The highest BCUT2D eigenvalue weighted by Crippen LogP contribution is 2.24. The van der Waals surface area contributed by atoms with Crippen molar-refractivity contribution in [3.63, 3.8) is 0 Å². The van der Waals surface area contributed by atoms with Crippen LogP contribution in [0.4, 0.5) is 0 Å². The summed E-state index contributed by atoms with van der Waals surface area (Å²) in [7, 11) is 0. The molecule has 0 saturated carbocycles. The maximum atomic E-state index is 10.4. The van der Waals surface area contributed by atoms with Crippen LogP contribution in [0.5, 0.6) is 0 Å². The molecular formula is C9H18NO2. The molecule has 1 aliphatic heterocycles. The van der Waals surface area contributed by atoms with Crippen LogP contribution in [-0.2, 0) is 9.84 Å². The molecule has 71 valence electrons. The molecule has 1 rings (SSSR count). The molecule has 2 unspecified atom stereocenters. The fraction of sp³-hybridized carbons (Fsp3) is 1.00. The molecule has 1 aliphatic rings. The minimum absolute atomic E-state index is 0.0405. The summed E-state index contributed by atoms with van der Waals surface area (Å²) < 4.78 is 5.67. The van der Waals surface area contributed by atoms with Gasteiger partial charge in [0.15, 0.2) is 0 Å². The van der Waals surface area contributed by atoms with Crippen LogP contribution in [0.25, 0.3) is 0 Å². The van der Waals surface area contributed by atoms with Crippen molar-refractivity contribution in [2.45, 2.75) is 51.5 Å². The van der Waals surface area contributed by atoms with Gasteiger partial charge >= 0.3 is 0 Å². The van der Waals surface area contributed by atoms with Crippen molar-refractivity contribution in [3.8, 4) is 0 Å². The number of ether oxygens (including phenoxy) is 1. The third-order valence-electron chi connectivity index (χ3n) is 2.11. The lowest BCUT2D eigenvalue weighted by Crippen LogP contribution is -2.52. The molecule has 0 spiro atoms. The second-order valence-corrected chi connectivity index (χ2v) is 4.13. The number of rotatable bonds is 2. The molecule has 0 aromatic rings.